The number of aliphatic carboxylic acids is 1. The van der Waals surface area contributed by atoms with E-state index >= 15 is 0 Å². The zero-order valence-corrected chi connectivity index (χ0v) is 21.1. The van der Waals surface area contributed by atoms with E-state index in [0.29, 0.717) is 0 Å². The van der Waals surface area contributed by atoms with Crippen LogP contribution < -0.4 is 0 Å². The van der Waals surface area contributed by atoms with Crippen molar-refractivity contribution in [3.63, 3.8) is 0 Å². The lowest BCUT2D eigenvalue weighted by Gasteiger charge is -2.47. The molecular formula is C28H32F4N2O4. The largest absolute Gasteiger partial charge is 0.490 e. The summed E-state index contributed by atoms with van der Waals surface area (Å²) in [5.74, 6) is -2.93. The lowest BCUT2D eigenvalue weighted by atomic mass is 9.60. The Morgan fingerprint density at radius 2 is 1.55 bits per heavy atom. The summed E-state index contributed by atoms with van der Waals surface area (Å²) in [7, 11) is 0. The maximum absolute atomic E-state index is 13.5. The van der Waals surface area contributed by atoms with E-state index in [1.54, 1.807) is 6.07 Å². The summed E-state index contributed by atoms with van der Waals surface area (Å²) in [5, 5.41) is 7.12. The number of amides is 1. The average Bonchev–Trinajstić information content (AvgIpc) is 3.45. The molecule has 5 rings (SSSR count). The first kappa shape index (κ1) is 28.0. The predicted octanol–water partition coefficient (Wildman–Crippen LogP) is 4.53. The van der Waals surface area contributed by atoms with E-state index < -0.39 is 12.1 Å². The zero-order valence-electron chi connectivity index (χ0n) is 21.1. The van der Waals surface area contributed by atoms with E-state index in [9.17, 15) is 22.4 Å². The highest BCUT2D eigenvalue weighted by Crippen LogP contribution is 2.57. The average molecular weight is 537 g/mol. The van der Waals surface area contributed by atoms with Gasteiger partial charge in [-0.1, -0.05) is 42.5 Å². The summed E-state index contributed by atoms with van der Waals surface area (Å²) in [6, 6.07) is 17.1. The van der Waals surface area contributed by atoms with Gasteiger partial charge in [-0.05, 0) is 47.9 Å². The van der Waals surface area contributed by atoms with Crippen molar-refractivity contribution in [1.82, 2.24) is 9.80 Å². The number of rotatable bonds is 4. The van der Waals surface area contributed by atoms with Crippen molar-refractivity contribution in [3.8, 4) is 0 Å². The van der Waals surface area contributed by atoms with Crippen molar-refractivity contribution >= 4 is 11.9 Å². The summed E-state index contributed by atoms with van der Waals surface area (Å²) in [4.78, 5) is 26.4. The number of ether oxygens (including phenoxy) is 1. The molecule has 0 aromatic heterocycles. The zero-order chi connectivity index (χ0) is 27.4. The Labute approximate surface area is 219 Å². The number of carboxylic acid groups (broad SMARTS) is 1. The van der Waals surface area contributed by atoms with Gasteiger partial charge in [-0.15, -0.1) is 0 Å². The fourth-order valence-corrected chi connectivity index (χ4v) is 6.16. The number of carboxylic acids is 1. The van der Waals surface area contributed by atoms with Gasteiger partial charge >= 0.3 is 12.1 Å². The van der Waals surface area contributed by atoms with Gasteiger partial charge in [0.2, 0.25) is 5.91 Å². The molecule has 3 heterocycles. The first-order valence-corrected chi connectivity index (χ1v) is 12.7. The van der Waals surface area contributed by atoms with Gasteiger partial charge in [0.15, 0.2) is 0 Å². The molecule has 0 bridgehead atoms. The first-order chi connectivity index (χ1) is 18.0. The molecule has 1 unspecified atom stereocenters. The van der Waals surface area contributed by atoms with E-state index in [0.717, 1.165) is 70.8 Å². The number of piperidine rings is 1. The van der Waals surface area contributed by atoms with Crippen LogP contribution in [0.2, 0.25) is 0 Å². The highest BCUT2D eigenvalue weighted by atomic mass is 19.4. The number of carbonyl (C=O) groups excluding carboxylic acids is 1. The van der Waals surface area contributed by atoms with Gasteiger partial charge < -0.3 is 14.7 Å². The number of benzene rings is 2. The number of carbonyl (C=O) groups is 2. The van der Waals surface area contributed by atoms with Gasteiger partial charge in [-0.3, -0.25) is 9.69 Å². The molecule has 3 aliphatic rings. The fourth-order valence-electron chi connectivity index (χ4n) is 6.16. The molecule has 2 aromatic carbocycles. The molecule has 1 N–H and O–H groups in total. The number of halogens is 4. The second-order valence-electron chi connectivity index (χ2n) is 10.5. The minimum Gasteiger partial charge on any atom is -0.475 e. The molecule has 0 radical (unpaired) electrons. The molecule has 2 aromatic rings. The molecule has 0 saturated carbocycles. The third-order valence-electron chi connectivity index (χ3n) is 8.09. The van der Waals surface area contributed by atoms with Crippen LogP contribution in [-0.4, -0.2) is 72.4 Å². The maximum Gasteiger partial charge on any atom is 0.490 e. The van der Waals surface area contributed by atoms with Crippen molar-refractivity contribution in [2.75, 3.05) is 39.4 Å². The Balaban J connectivity index is 0.000000426. The van der Waals surface area contributed by atoms with Gasteiger partial charge in [0.1, 0.15) is 5.82 Å². The van der Waals surface area contributed by atoms with Crippen LogP contribution in [0.5, 0.6) is 0 Å². The van der Waals surface area contributed by atoms with Crippen LogP contribution in [0.1, 0.15) is 30.4 Å². The van der Waals surface area contributed by atoms with Crippen LogP contribution >= 0.6 is 0 Å². The van der Waals surface area contributed by atoms with Crippen molar-refractivity contribution in [2.24, 2.45) is 10.8 Å². The Kier molecular flexibility index (Phi) is 8.42. The van der Waals surface area contributed by atoms with Crippen molar-refractivity contribution in [3.05, 3.63) is 71.5 Å². The number of nitrogens with zero attached hydrogens (tertiary/aromatic N) is 2. The van der Waals surface area contributed by atoms with Crippen LogP contribution in [0.4, 0.5) is 17.6 Å². The second kappa shape index (κ2) is 11.4. The molecular weight excluding hydrogens is 504 g/mol. The SMILES string of the molecule is O=C(Cc1cccc(F)c1)N1CCC2(CC1)CN(Cc1ccccc1)CC21CCOC1.O=C(O)C(F)(F)F. The van der Waals surface area contributed by atoms with Crippen LogP contribution in [0.3, 0.4) is 0 Å². The standard InChI is InChI=1S/C26H31FN2O2.C2HF3O2/c27-23-8-4-7-22(15-23)16-24(30)29-12-9-25(10-13-29)18-28(17-21-5-2-1-3-6-21)19-26(25)11-14-31-20-26;3-2(4,5)1(6)7/h1-8,15H,9-14,16-20H2;(H,6,7). The molecule has 6 nitrogen and oxygen atoms in total. The molecule has 3 saturated heterocycles. The third-order valence-corrected chi connectivity index (χ3v) is 8.09. The fraction of sp³-hybridized carbons (Fsp3) is 0.500. The van der Waals surface area contributed by atoms with Crippen LogP contribution in [-0.2, 0) is 27.3 Å². The summed E-state index contributed by atoms with van der Waals surface area (Å²) < 4.78 is 51.1. The molecule has 10 heteroatoms. The minimum absolute atomic E-state index is 0.108. The second-order valence-corrected chi connectivity index (χ2v) is 10.5. The van der Waals surface area contributed by atoms with Gasteiger partial charge in [0.25, 0.3) is 0 Å². The number of likely N-dealkylation sites (tertiary alicyclic amines) is 2. The summed E-state index contributed by atoms with van der Waals surface area (Å²) >= 11 is 0. The van der Waals surface area contributed by atoms with E-state index in [4.69, 9.17) is 14.6 Å². The van der Waals surface area contributed by atoms with E-state index in [-0.39, 0.29) is 29.0 Å². The van der Waals surface area contributed by atoms with Gasteiger partial charge in [-0.25, -0.2) is 9.18 Å². The number of hydrogen-bond donors (Lipinski definition) is 1. The molecule has 206 valence electrons. The number of fused-ring (bicyclic) bond motifs is 1. The summed E-state index contributed by atoms with van der Waals surface area (Å²) in [6.07, 6.45) is -1.64. The topological polar surface area (TPSA) is 70.1 Å². The number of alkyl halides is 3. The Bertz CT molecular complexity index is 1110. The van der Waals surface area contributed by atoms with Gasteiger partial charge in [0, 0.05) is 44.7 Å². The Morgan fingerprint density at radius 3 is 2.13 bits per heavy atom. The van der Waals surface area contributed by atoms with E-state index in [1.807, 2.05) is 11.0 Å². The predicted molar refractivity (Wildman–Crippen MR) is 132 cm³/mol. The first-order valence-electron chi connectivity index (χ1n) is 12.7. The molecule has 3 aliphatic heterocycles. The van der Waals surface area contributed by atoms with Crippen LogP contribution in [0.25, 0.3) is 0 Å². The van der Waals surface area contributed by atoms with Crippen LogP contribution in [0, 0.1) is 16.6 Å². The highest BCUT2D eigenvalue weighted by molar-refractivity contribution is 5.78. The summed E-state index contributed by atoms with van der Waals surface area (Å²) in [6.45, 7) is 6.41. The van der Waals surface area contributed by atoms with Crippen LogP contribution in [0.15, 0.2) is 54.6 Å². The van der Waals surface area contributed by atoms with Crippen molar-refractivity contribution < 1.29 is 37.0 Å². The van der Waals surface area contributed by atoms with E-state index in [1.165, 1.54) is 17.7 Å². The molecule has 0 aliphatic carbocycles. The molecule has 1 amide bonds. The molecule has 2 spiro atoms. The maximum atomic E-state index is 13.5. The van der Waals surface area contributed by atoms with Gasteiger partial charge in [-0.2, -0.15) is 13.2 Å². The smallest absolute Gasteiger partial charge is 0.475 e. The lowest BCUT2D eigenvalue weighted by molar-refractivity contribution is -0.192. The third kappa shape index (κ3) is 6.35. The van der Waals surface area contributed by atoms with E-state index in [2.05, 4.69) is 35.2 Å². The molecule has 1 atom stereocenters. The Morgan fingerprint density at radius 1 is 0.921 bits per heavy atom. The lowest BCUT2D eigenvalue weighted by Crippen LogP contribution is -2.51. The minimum atomic E-state index is -5.08. The molecule has 38 heavy (non-hydrogen) atoms. The number of hydrogen-bond acceptors (Lipinski definition) is 4. The van der Waals surface area contributed by atoms with Crippen molar-refractivity contribution in [2.45, 2.75) is 38.4 Å². The summed E-state index contributed by atoms with van der Waals surface area (Å²) in [5.41, 5.74) is 2.53. The van der Waals surface area contributed by atoms with Gasteiger partial charge in [0.05, 0.1) is 13.0 Å². The van der Waals surface area contributed by atoms with Crippen molar-refractivity contribution in [1.29, 1.82) is 0 Å². The monoisotopic (exact) mass is 536 g/mol. The normalized spacial score (nSPS) is 22.9. The Hall–Kier alpha value is -2.98. The highest BCUT2D eigenvalue weighted by Gasteiger charge is 2.59. The quantitative estimate of drug-likeness (QED) is 0.582. The molecule has 3 fully saturated rings.